The van der Waals surface area contributed by atoms with Gasteiger partial charge in [-0.1, -0.05) is 45.2 Å². The molecule has 1 saturated carbocycles. The second-order valence-electron chi connectivity index (χ2n) is 8.67. The molecule has 0 aromatic carbocycles. The molecule has 1 fully saturated rings. The molecular weight excluding hydrogens is 352 g/mol. The summed E-state index contributed by atoms with van der Waals surface area (Å²) < 4.78 is 8.74. The molecule has 0 unspecified atom stereocenters. The average molecular weight is 381 g/mol. The minimum atomic E-state index is -1.74. The van der Waals surface area contributed by atoms with E-state index in [-0.39, 0.29) is 5.04 Å². The topological polar surface area (TPSA) is 52.8 Å². The Morgan fingerprint density at radius 2 is 1.92 bits per heavy atom. The molecule has 2 heterocycles. The Morgan fingerprint density at radius 3 is 2.64 bits per heavy atom. The first-order chi connectivity index (χ1) is 11.7. The van der Waals surface area contributed by atoms with Gasteiger partial charge in [-0.2, -0.15) is 0 Å². The number of imidazole rings is 1. The molecular formula is C18H29ClN4OSi. The number of nitrogens with zero attached hydrogens (tertiary/aromatic N) is 4. The van der Waals surface area contributed by atoms with Crippen LogP contribution in [0.15, 0.2) is 12.7 Å². The van der Waals surface area contributed by atoms with Gasteiger partial charge in [0.1, 0.15) is 11.8 Å². The molecule has 2 aromatic heterocycles. The van der Waals surface area contributed by atoms with Crippen molar-refractivity contribution in [3.63, 3.8) is 0 Å². The van der Waals surface area contributed by atoms with E-state index in [0.29, 0.717) is 22.6 Å². The molecule has 0 saturated heterocycles. The summed E-state index contributed by atoms with van der Waals surface area (Å²) in [4.78, 5) is 12.9. The van der Waals surface area contributed by atoms with Gasteiger partial charge in [-0.15, -0.1) is 0 Å². The van der Waals surface area contributed by atoms with Crippen molar-refractivity contribution in [2.24, 2.45) is 5.92 Å². The average Bonchev–Trinajstić information content (AvgIpc) is 2.97. The van der Waals surface area contributed by atoms with Gasteiger partial charge in [0.2, 0.25) is 0 Å². The molecule has 0 amide bonds. The monoisotopic (exact) mass is 380 g/mol. The molecule has 3 rings (SSSR count). The van der Waals surface area contributed by atoms with Crippen molar-refractivity contribution in [2.45, 2.75) is 70.6 Å². The number of aromatic nitrogens is 4. The van der Waals surface area contributed by atoms with Crippen molar-refractivity contribution in [1.29, 1.82) is 0 Å². The summed E-state index contributed by atoms with van der Waals surface area (Å²) in [6.45, 7) is 12.3. The molecule has 0 spiro atoms. The normalized spacial score (nSPS) is 22.5. The molecule has 7 heteroatoms. The molecule has 1 aliphatic carbocycles. The zero-order valence-electron chi connectivity index (χ0n) is 15.9. The fourth-order valence-corrected chi connectivity index (χ4v) is 4.59. The van der Waals surface area contributed by atoms with Gasteiger partial charge in [0.15, 0.2) is 19.1 Å². The van der Waals surface area contributed by atoms with Crippen LogP contribution < -0.4 is 0 Å². The molecule has 2 atom stereocenters. The summed E-state index contributed by atoms with van der Waals surface area (Å²) in [5, 5.41) is 0.660. The molecule has 0 N–H and O–H groups in total. The predicted octanol–water partition coefficient (Wildman–Crippen LogP) is 5.23. The zero-order chi connectivity index (χ0) is 18.2. The lowest BCUT2D eigenvalue weighted by atomic mass is 9.85. The van der Waals surface area contributed by atoms with Crippen LogP contribution in [0.2, 0.25) is 23.3 Å². The van der Waals surface area contributed by atoms with Crippen molar-refractivity contribution in [1.82, 2.24) is 19.5 Å². The lowest BCUT2D eigenvalue weighted by Gasteiger charge is -2.39. The smallest absolute Gasteiger partial charge is 0.191 e. The van der Waals surface area contributed by atoms with Crippen molar-refractivity contribution in [3.05, 3.63) is 17.8 Å². The van der Waals surface area contributed by atoms with Crippen LogP contribution in [0.4, 0.5) is 0 Å². The molecule has 1 aliphatic rings. The van der Waals surface area contributed by atoms with E-state index in [0.717, 1.165) is 18.7 Å². The van der Waals surface area contributed by atoms with E-state index in [2.05, 4.69) is 53.4 Å². The summed E-state index contributed by atoms with van der Waals surface area (Å²) in [6, 6.07) is 0.370. The molecule has 0 radical (unpaired) electrons. The maximum atomic E-state index is 6.54. The third-order valence-corrected chi connectivity index (χ3v) is 10.8. The maximum absolute atomic E-state index is 6.54. The van der Waals surface area contributed by atoms with Crippen LogP contribution in [-0.2, 0) is 4.43 Å². The van der Waals surface area contributed by atoms with E-state index in [1.54, 1.807) is 0 Å². The third-order valence-electron chi connectivity index (χ3n) is 6.00. The van der Waals surface area contributed by atoms with Crippen molar-refractivity contribution < 1.29 is 4.43 Å². The van der Waals surface area contributed by atoms with Gasteiger partial charge in [0.05, 0.1) is 6.33 Å². The largest absolute Gasteiger partial charge is 0.416 e. The molecule has 138 valence electrons. The molecule has 5 nitrogen and oxygen atoms in total. The predicted molar refractivity (Wildman–Crippen MR) is 104 cm³/mol. The second kappa shape index (κ2) is 6.97. The van der Waals surface area contributed by atoms with Gasteiger partial charge >= 0.3 is 0 Å². The third kappa shape index (κ3) is 3.76. The lowest BCUT2D eigenvalue weighted by molar-refractivity contribution is 0.144. The highest BCUT2D eigenvalue weighted by Gasteiger charge is 2.39. The lowest BCUT2D eigenvalue weighted by Crippen LogP contribution is -2.43. The van der Waals surface area contributed by atoms with E-state index in [9.17, 15) is 0 Å². The fraction of sp³-hybridized carbons (Fsp3) is 0.722. The highest BCUT2D eigenvalue weighted by Crippen LogP contribution is 2.40. The maximum Gasteiger partial charge on any atom is 0.191 e. The van der Waals surface area contributed by atoms with Crippen LogP contribution in [0.5, 0.6) is 0 Å². The van der Waals surface area contributed by atoms with Gasteiger partial charge in [0, 0.05) is 18.6 Å². The Morgan fingerprint density at radius 1 is 1.20 bits per heavy atom. The Bertz CT molecular complexity index is 740. The van der Waals surface area contributed by atoms with Gasteiger partial charge in [-0.25, -0.2) is 15.0 Å². The Balaban J connectivity index is 1.83. The zero-order valence-corrected chi connectivity index (χ0v) is 17.7. The number of hydrogen-bond acceptors (Lipinski definition) is 4. The minimum Gasteiger partial charge on any atom is -0.416 e. The molecule has 0 bridgehead atoms. The van der Waals surface area contributed by atoms with Crippen molar-refractivity contribution in [3.8, 4) is 0 Å². The summed E-state index contributed by atoms with van der Waals surface area (Å²) in [5.74, 6) is 0.494. The van der Waals surface area contributed by atoms with Crippen molar-refractivity contribution >= 4 is 31.1 Å². The van der Waals surface area contributed by atoms with Crippen LogP contribution in [0.25, 0.3) is 11.2 Å². The van der Waals surface area contributed by atoms with Gasteiger partial charge < -0.3 is 8.99 Å². The van der Waals surface area contributed by atoms with Crippen LogP contribution in [-0.4, -0.2) is 34.4 Å². The number of halogens is 1. The summed E-state index contributed by atoms with van der Waals surface area (Å²) in [7, 11) is -1.74. The van der Waals surface area contributed by atoms with Gasteiger partial charge in [-0.05, 0) is 31.0 Å². The van der Waals surface area contributed by atoms with E-state index in [1.165, 1.54) is 25.6 Å². The first kappa shape index (κ1) is 18.8. The molecule has 25 heavy (non-hydrogen) atoms. The standard InChI is InChI=1S/C18H29ClN4OSi/c1-18(2,3)25(4,5)24-10-13-8-6-7-9-14(13)23-12-22-15-16(19)20-11-21-17(15)23/h11-14H,6-10H2,1-5H3/t13-,14+/m0/s1. The van der Waals surface area contributed by atoms with E-state index >= 15 is 0 Å². The molecule has 2 aromatic rings. The first-order valence-electron chi connectivity index (χ1n) is 9.18. The summed E-state index contributed by atoms with van der Waals surface area (Å²) >= 11 is 6.17. The summed E-state index contributed by atoms with van der Waals surface area (Å²) in [5.41, 5.74) is 1.53. The van der Waals surface area contributed by atoms with E-state index in [4.69, 9.17) is 16.0 Å². The van der Waals surface area contributed by atoms with Crippen LogP contribution >= 0.6 is 11.6 Å². The Hall–Kier alpha value is -0.983. The first-order valence-corrected chi connectivity index (χ1v) is 12.5. The minimum absolute atomic E-state index is 0.236. The summed E-state index contributed by atoms with van der Waals surface area (Å²) in [6.07, 6.45) is 8.23. The second-order valence-corrected chi connectivity index (χ2v) is 13.8. The quantitative estimate of drug-likeness (QED) is 0.538. The SMILES string of the molecule is CC(C)(C)[Si](C)(C)OC[C@@H]1CCCC[C@H]1n1cnc2c(Cl)ncnc21. The highest BCUT2D eigenvalue weighted by molar-refractivity contribution is 6.74. The van der Waals surface area contributed by atoms with E-state index in [1.807, 2.05) is 6.33 Å². The van der Waals surface area contributed by atoms with Gasteiger partial charge in [-0.3, -0.25) is 0 Å². The number of hydrogen-bond donors (Lipinski definition) is 0. The highest BCUT2D eigenvalue weighted by atomic mass is 35.5. The van der Waals surface area contributed by atoms with Gasteiger partial charge in [0.25, 0.3) is 0 Å². The Kier molecular flexibility index (Phi) is 5.24. The molecule has 0 aliphatic heterocycles. The fourth-order valence-electron chi connectivity index (χ4n) is 3.35. The van der Waals surface area contributed by atoms with Crippen LogP contribution in [0.3, 0.4) is 0 Å². The van der Waals surface area contributed by atoms with Crippen LogP contribution in [0.1, 0.15) is 52.5 Å². The Labute approximate surface area is 156 Å². The van der Waals surface area contributed by atoms with Crippen LogP contribution in [0, 0.1) is 5.92 Å². The van der Waals surface area contributed by atoms with Crippen molar-refractivity contribution in [2.75, 3.05) is 6.61 Å². The number of rotatable bonds is 4. The van der Waals surface area contributed by atoms with E-state index < -0.39 is 8.32 Å². The number of fused-ring (bicyclic) bond motifs is 1.